The first-order valence-corrected chi connectivity index (χ1v) is 11.0. The fourth-order valence-electron chi connectivity index (χ4n) is 3.53. The van der Waals surface area contributed by atoms with Crippen LogP contribution in [-0.2, 0) is 14.2 Å². The first kappa shape index (κ1) is 25.6. The monoisotopic (exact) mass is 478 g/mol. The van der Waals surface area contributed by atoms with Gasteiger partial charge in [0.05, 0.1) is 19.7 Å². The summed E-state index contributed by atoms with van der Waals surface area (Å²) in [5.41, 5.74) is 3.75. The highest BCUT2D eigenvalue weighted by molar-refractivity contribution is 6.01. The summed E-state index contributed by atoms with van der Waals surface area (Å²) in [4.78, 5) is 38.6. The highest BCUT2D eigenvalue weighted by Gasteiger charge is 2.25. The number of ether oxygens (including phenoxy) is 3. The van der Waals surface area contributed by atoms with Gasteiger partial charge in [0, 0.05) is 16.3 Å². The molecule has 0 unspecified atom stereocenters. The van der Waals surface area contributed by atoms with Crippen LogP contribution in [-0.4, -0.2) is 47.4 Å². The van der Waals surface area contributed by atoms with Crippen molar-refractivity contribution >= 4 is 39.8 Å². The molecule has 2 aromatic heterocycles. The molecule has 0 fully saturated rings. The van der Waals surface area contributed by atoms with E-state index in [1.807, 2.05) is 50.2 Å². The Morgan fingerprint density at radius 2 is 1.40 bits per heavy atom. The number of hydrogen-bond acceptors (Lipinski definition) is 6. The first-order valence-electron chi connectivity index (χ1n) is 11.0. The topological polar surface area (TPSA) is 99.6 Å². The van der Waals surface area contributed by atoms with Gasteiger partial charge in [0.25, 0.3) is 0 Å². The van der Waals surface area contributed by atoms with Crippen molar-refractivity contribution < 1.29 is 28.6 Å². The Kier molecular flexibility index (Phi) is 7.34. The highest BCUT2D eigenvalue weighted by Crippen LogP contribution is 2.24. The molecule has 0 saturated heterocycles. The largest absolute Gasteiger partial charge is 0.464 e. The molecule has 184 valence electrons. The van der Waals surface area contributed by atoms with Crippen LogP contribution in [0.4, 0.5) is 4.79 Å². The highest BCUT2D eigenvalue weighted by atomic mass is 16.6. The van der Waals surface area contributed by atoms with Crippen LogP contribution in [0, 0.1) is 13.8 Å². The Hall–Kier alpha value is -4.07. The van der Waals surface area contributed by atoms with Crippen LogP contribution in [0.2, 0.25) is 0 Å². The predicted octanol–water partition coefficient (Wildman–Crippen LogP) is 5.78. The van der Waals surface area contributed by atoms with E-state index in [4.69, 9.17) is 9.47 Å². The zero-order valence-electron chi connectivity index (χ0n) is 21.0. The number of H-pyrrole nitrogens is 1. The van der Waals surface area contributed by atoms with E-state index in [0.717, 1.165) is 27.4 Å². The Balaban J connectivity index is 0.000000211. The minimum absolute atomic E-state index is 0.160. The predicted molar refractivity (Wildman–Crippen MR) is 134 cm³/mol. The Morgan fingerprint density at radius 3 is 2.00 bits per heavy atom. The van der Waals surface area contributed by atoms with Crippen molar-refractivity contribution in [3.05, 3.63) is 71.0 Å². The Labute approximate surface area is 203 Å². The fraction of sp³-hybridized carbons (Fsp3) is 0.296. The van der Waals surface area contributed by atoms with Crippen LogP contribution >= 0.6 is 0 Å². The lowest BCUT2D eigenvalue weighted by molar-refractivity contribution is 0.0489. The van der Waals surface area contributed by atoms with Crippen molar-refractivity contribution in [1.82, 2.24) is 9.55 Å². The summed E-state index contributed by atoms with van der Waals surface area (Å²) >= 11 is 0. The molecule has 4 aromatic rings. The molecule has 2 heterocycles. The van der Waals surface area contributed by atoms with E-state index in [2.05, 4.69) is 9.72 Å². The van der Waals surface area contributed by atoms with E-state index in [0.29, 0.717) is 11.2 Å². The van der Waals surface area contributed by atoms with Gasteiger partial charge in [-0.25, -0.2) is 19.0 Å². The Morgan fingerprint density at radius 1 is 0.800 bits per heavy atom. The number of esters is 2. The molecule has 0 radical (unpaired) electrons. The first-order chi connectivity index (χ1) is 16.4. The normalized spacial score (nSPS) is 11.1. The van der Waals surface area contributed by atoms with Gasteiger partial charge in [-0.3, -0.25) is 0 Å². The average Bonchev–Trinajstić information content (AvgIpc) is 3.38. The average molecular weight is 479 g/mol. The second kappa shape index (κ2) is 10.0. The molecular formula is C27H30N2O6. The number of nitrogens with zero attached hydrogens (tertiary/aromatic N) is 1. The van der Waals surface area contributed by atoms with Gasteiger partial charge >= 0.3 is 18.0 Å². The quantitative estimate of drug-likeness (QED) is 0.289. The van der Waals surface area contributed by atoms with Gasteiger partial charge in [0.15, 0.2) is 0 Å². The number of nitrogens with one attached hydrogen (secondary N) is 1. The molecule has 0 spiro atoms. The molecular weight excluding hydrogens is 448 g/mol. The molecule has 0 saturated carbocycles. The Bertz CT molecular complexity index is 1400. The molecule has 0 aliphatic rings. The fourth-order valence-corrected chi connectivity index (χ4v) is 3.53. The lowest BCUT2D eigenvalue weighted by Crippen LogP contribution is -2.29. The van der Waals surface area contributed by atoms with Gasteiger partial charge in [-0.15, -0.1) is 0 Å². The standard InChI is InChI=1S/C16H19NO4.C11H11NO2/c1-10-6-7-11-9-13(14(18)20-5)17(12(11)8-10)15(19)21-16(2,3)4;1-7-3-4-8-6-10(11(13)14-2)12-9(8)5-7/h6-9H,1-5H3;3-6,12H,1-2H3. The van der Waals surface area contributed by atoms with Crippen LogP contribution in [0.15, 0.2) is 48.5 Å². The molecule has 2 aromatic carbocycles. The van der Waals surface area contributed by atoms with Gasteiger partial charge < -0.3 is 19.2 Å². The van der Waals surface area contributed by atoms with Crippen molar-refractivity contribution in [3.8, 4) is 0 Å². The summed E-state index contributed by atoms with van der Waals surface area (Å²) in [6.45, 7) is 9.26. The minimum Gasteiger partial charge on any atom is -0.464 e. The third-order valence-electron chi connectivity index (χ3n) is 5.11. The molecule has 0 atom stereocenters. The number of aromatic nitrogens is 2. The van der Waals surface area contributed by atoms with E-state index in [9.17, 15) is 14.4 Å². The lowest BCUT2D eigenvalue weighted by Gasteiger charge is -2.20. The number of hydrogen-bond donors (Lipinski definition) is 1. The molecule has 1 N–H and O–H groups in total. The number of aromatic amines is 1. The van der Waals surface area contributed by atoms with Crippen molar-refractivity contribution in [2.45, 2.75) is 40.2 Å². The maximum atomic E-state index is 12.4. The van der Waals surface area contributed by atoms with E-state index in [-0.39, 0.29) is 11.7 Å². The van der Waals surface area contributed by atoms with Crippen molar-refractivity contribution in [2.24, 2.45) is 0 Å². The van der Waals surface area contributed by atoms with Crippen molar-refractivity contribution in [1.29, 1.82) is 0 Å². The molecule has 8 nitrogen and oxygen atoms in total. The van der Waals surface area contributed by atoms with Crippen LogP contribution < -0.4 is 0 Å². The van der Waals surface area contributed by atoms with Crippen LogP contribution in [0.1, 0.15) is 52.9 Å². The second-order valence-corrected chi connectivity index (χ2v) is 9.16. The zero-order chi connectivity index (χ0) is 25.9. The van der Waals surface area contributed by atoms with Crippen molar-refractivity contribution in [2.75, 3.05) is 14.2 Å². The number of benzene rings is 2. The molecule has 0 aliphatic carbocycles. The summed E-state index contributed by atoms with van der Waals surface area (Å²) in [7, 11) is 2.66. The van der Waals surface area contributed by atoms with Gasteiger partial charge in [0.1, 0.15) is 17.0 Å². The van der Waals surface area contributed by atoms with E-state index in [1.165, 1.54) is 18.8 Å². The molecule has 35 heavy (non-hydrogen) atoms. The zero-order valence-corrected chi connectivity index (χ0v) is 21.0. The molecule has 4 rings (SSSR count). The summed E-state index contributed by atoms with van der Waals surface area (Å²) in [5, 5.41) is 1.81. The number of aryl methyl sites for hydroxylation is 2. The number of carbonyl (C=O) groups excluding carboxylic acids is 3. The van der Waals surface area contributed by atoms with Crippen molar-refractivity contribution in [3.63, 3.8) is 0 Å². The molecule has 0 amide bonds. The van der Waals surface area contributed by atoms with Gasteiger partial charge in [-0.05, 0) is 70.0 Å². The molecule has 0 aliphatic heterocycles. The summed E-state index contributed by atoms with van der Waals surface area (Å²) < 4.78 is 16.0. The maximum absolute atomic E-state index is 12.4. The molecule has 0 bridgehead atoms. The third kappa shape index (κ3) is 5.90. The number of methoxy groups -OCH3 is 2. The van der Waals surface area contributed by atoms with E-state index >= 15 is 0 Å². The summed E-state index contributed by atoms with van der Waals surface area (Å²) in [5.74, 6) is -0.909. The number of fused-ring (bicyclic) bond motifs is 2. The number of carbonyl (C=O) groups is 3. The maximum Gasteiger partial charge on any atom is 0.419 e. The van der Waals surface area contributed by atoms with Crippen LogP contribution in [0.5, 0.6) is 0 Å². The van der Waals surface area contributed by atoms with Gasteiger partial charge in [-0.1, -0.05) is 24.3 Å². The van der Waals surface area contributed by atoms with Gasteiger partial charge in [0.2, 0.25) is 0 Å². The number of rotatable bonds is 2. The second-order valence-electron chi connectivity index (χ2n) is 9.16. The third-order valence-corrected chi connectivity index (χ3v) is 5.11. The SMILES string of the molecule is COC(=O)c1cc2ccc(C)cc2[nH]1.COC(=O)c1cc2ccc(C)cc2n1C(=O)OC(C)(C)C. The minimum atomic E-state index is -0.648. The summed E-state index contributed by atoms with van der Waals surface area (Å²) in [6.07, 6.45) is -0.594. The van der Waals surface area contributed by atoms with E-state index < -0.39 is 17.7 Å². The van der Waals surface area contributed by atoms with Crippen LogP contribution in [0.25, 0.3) is 21.8 Å². The smallest absolute Gasteiger partial charge is 0.419 e. The van der Waals surface area contributed by atoms with Gasteiger partial charge in [-0.2, -0.15) is 0 Å². The van der Waals surface area contributed by atoms with Crippen LogP contribution in [0.3, 0.4) is 0 Å². The molecule has 8 heteroatoms. The summed E-state index contributed by atoms with van der Waals surface area (Å²) in [6, 6.07) is 15.0. The van der Waals surface area contributed by atoms with E-state index in [1.54, 1.807) is 32.9 Å². The lowest BCUT2D eigenvalue weighted by atomic mass is 10.2.